The minimum absolute atomic E-state index is 0.0865. The number of hydrogen-bond donors (Lipinski definition) is 3. The van der Waals surface area contributed by atoms with Crippen molar-refractivity contribution in [3.05, 3.63) is 35.8 Å². The van der Waals surface area contributed by atoms with Crippen molar-refractivity contribution in [1.82, 2.24) is 10.3 Å². The molecule has 4 heteroatoms. The van der Waals surface area contributed by atoms with Crippen LogP contribution in [0.25, 0.3) is 10.9 Å². The standard InChI is InChI=1S/C11H13FN2O/c12-10-5-8-1-2-14-11(8)9(6-10)7-13-3-4-15/h1-2,5-6,13-15H,3-4,7H2. The average Bonchev–Trinajstić information content (AvgIpc) is 2.65. The highest BCUT2D eigenvalue weighted by Crippen LogP contribution is 2.18. The van der Waals surface area contributed by atoms with Crippen molar-refractivity contribution in [3.8, 4) is 0 Å². The molecule has 1 heterocycles. The molecule has 1 aromatic heterocycles. The fraction of sp³-hybridized carbons (Fsp3) is 0.273. The van der Waals surface area contributed by atoms with E-state index in [1.807, 2.05) is 6.07 Å². The van der Waals surface area contributed by atoms with Gasteiger partial charge in [0.05, 0.1) is 12.1 Å². The number of benzene rings is 1. The van der Waals surface area contributed by atoms with Crippen LogP contribution in [0.2, 0.25) is 0 Å². The average molecular weight is 208 g/mol. The number of aliphatic hydroxyl groups excluding tert-OH is 1. The Morgan fingerprint density at radius 1 is 1.40 bits per heavy atom. The largest absolute Gasteiger partial charge is 0.395 e. The van der Waals surface area contributed by atoms with Crippen molar-refractivity contribution in [1.29, 1.82) is 0 Å². The molecular formula is C11H13FN2O. The molecule has 3 nitrogen and oxygen atoms in total. The van der Waals surface area contributed by atoms with Crippen LogP contribution in [0.4, 0.5) is 4.39 Å². The van der Waals surface area contributed by atoms with Gasteiger partial charge in [0.1, 0.15) is 5.82 Å². The molecule has 1 aromatic carbocycles. The minimum atomic E-state index is -0.233. The minimum Gasteiger partial charge on any atom is -0.395 e. The molecule has 0 atom stereocenters. The molecule has 0 bridgehead atoms. The van der Waals surface area contributed by atoms with Crippen molar-refractivity contribution in [2.45, 2.75) is 6.54 Å². The maximum atomic E-state index is 13.2. The number of aromatic amines is 1. The Labute approximate surface area is 86.9 Å². The number of H-pyrrole nitrogens is 1. The zero-order valence-electron chi connectivity index (χ0n) is 8.26. The highest BCUT2D eigenvalue weighted by molar-refractivity contribution is 5.82. The van der Waals surface area contributed by atoms with Gasteiger partial charge in [0, 0.05) is 24.7 Å². The van der Waals surface area contributed by atoms with Gasteiger partial charge in [-0.2, -0.15) is 0 Å². The second-order valence-electron chi connectivity index (χ2n) is 3.41. The van der Waals surface area contributed by atoms with Gasteiger partial charge in [0.25, 0.3) is 0 Å². The van der Waals surface area contributed by atoms with Crippen molar-refractivity contribution < 1.29 is 9.50 Å². The van der Waals surface area contributed by atoms with Gasteiger partial charge in [-0.25, -0.2) is 4.39 Å². The van der Waals surface area contributed by atoms with Gasteiger partial charge in [-0.05, 0) is 23.8 Å². The number of aromatic nitrogens is 1. The van der Waals surface area contributed by atoms with E-state index in [4.69, 9.17) is 5.11 Å². The van der Waals surface area contributed by atoms with E-state index in [-0.39, 0.29) is 12.4 Å². The van der Waals surface area contributed by atoms with Crippen LogP contribution in [0.5, 0.6) is 0 Å². The topological polar surface area (TPSA) is 48.0 Å². The molecule has 0 unspecified atom stereocenters. The molecular weight excluding hydrogens is 195 g/mol. The predicted molar refractivity (Wildman–Crippen MR) is 57.0 cm³/mol. The second-order valence-corrected chi connectivity index (χ2v) is 3.41. The summed E-state index contributed by atoms with van der Waals surface area (Å²) in [6.45, 7) is 1.15. The van der Waals surface area contributed by atoms with Crippen LogP contribution in [0.15, 0.2) is 24.4 Å². The Balaban J connectivity index is 2.27. The van der Waals surface area contributed by atoms with Crippen LogP contribution in [0.3, 0.4) is 0 Å². The lowest BCUT2D eigenvalue weighted by atomic mass is 10.1. The lowest BCUT2D eigenvalue weighted by molar-refractivity contribution is 0.292. The summed E-state index contributed by atoms with van der Waals surface area (Å²) in [5.41, 5.74) is 1.82. The van der Waals surface area contributed by atoms with Crippen LogP contribution < -0.4 is 5.32 Å². The van der Waals surface area contributed by atoms with Crippen LogP contribution in [0, 0.1) is 5.82 Å². The molecule has 0 aliphatic rings. The lowest BCUT2D eigenvalue weighted by Crippen LogP contribution is -2.17. The van der Waals surface area contributed by atoms with E-state index in [9.17, 15) is 4.39 Å². The summed E-state index contributed by atoms with van der Waals surface area (Å²) in [5, 5.41) is 12.5. The lowest BCUT2D eigenvalue weighted by Gasteiger charge is -2.05. The monoisotopic (exact) mass is 208 g/mol. The van der Waals surface area contributed by atoms with E-state index in [1.165, 1.54) is 12.1 Å². The van der Waals surface area contributed by atoms with Gasteiger partial charge >= 0.3 is 0 Å². The molecule has 0 aliphatic carbocycles. The number of fused-ring (bicyclic) bond motifs is 1. The first kappa shape index (κ1) is 10.1. The number of aliphatic hydroxyl groups is 1. The Morgan fingerprint density at radius 3 is 3.07 bits per heavy atom. The van der Waals surface area contributed by atoms with Gasteiger partial charge in [-0.1, -0.05) is 0 Å². The van der Waals surface area contributed by atoms with Gasteiger partial charge < -0.3 is 15.4 Å². The van der Waals surface area contributed by atoms with Crippen LogP contribution in [0.1, 0.15) is 5.56 Å². The van der Waals surface area contributed by atoms with E-state index >= 15 is 0 Å². The maximum absolute atomic E-state index is 13.2. The van der Waals surface area contributed by atoms with Crippen LogP contribution in [-0.2, 0) is 6.54 Å². The Bertz CT molecular complexity index is 453. The zero-order chi connectivity index (χ0) is 10.7. The highest BCUT2D eigenvalue weighted by atomic mass is 19.1. The van der Waals surface area contributed by atoms with E-state index < -0.39 is 0 Å². The van der Waals surface area contributed by atoms with Gasteiger partial charge in [-0.3, -0.25) is 0 Å². The molecule has 0 saturated heterocycles. The Kier molecular flexibility index (Phi) is 2.99. The number of nitrogens with one attached hydrogen (secondary N) is 2. The quantitative estimate of drug-likeness (QED) is 0.665. The van der Waals surface area contributed by atoms with Crippen molar-refractivity contribution in [2.75, 3.05) is 13.2 Å². The molecule has 80 valence electrons. The van der Waals surface area contributed by atoms with E-state index in [0.717, 1.165) is 16.5 Å². The summed E-state index contributed by atoms with van der Waals surface area (Å²) in [4.78, 5) is 3.07. The fourth-order valence-corrected chi connectivity index (χ4v) is 1.65. The highest BCUT2D eigenvalue weighted by Gasteiger charge is 2.04. The summed E-state index contributed by atoms with van der Waals surface area (Å²) in [7, 11) is 0. The first-order valence-electron chi connectivity index (χ1n) is 4.88. The third kappa shape index (κ3) is 2.16. The zero-order valence-corrected chi connectivity index (χ0v) is 8.26. The number of rotatable bonds is 4. The predicted octanol–water partition coefficient (Wildman–Crippen LogP) is 1.39. The normalized spacial score (nSPS) is 11.1. The van der Waals surface area contributed by atoms with Crippen LogP contribution in [-0.4, -0.2) is 23.2 Å². The fourth-order valence-electron chi connectivity index (χ4n) is 1.65. The third-order valence-corrected chi connectivity index (χ3v) is 2.31. The first-order valence-corrected chi connectivity index (χ1v) is 4.88. The van der Waals surface area contributed by atoms with E-state index in [2.05, 4.69) is 10.3 Å². The molecule has 15 heavy (non-hydrogen) atoms. The summed E-state index contributed by atoms with van der Waals surface area (Å²) < 4.78 is 13.2. The molecule has 0 fully saturated rings. The van der Waals surface area contributed by atoms with Crippen LogP contribution >= 0.6 is 0 Å². The van der Waals surface area contributed by atoms with Crippen molar-refractivity contribution in [3.63, 3.8) is 0 Å². The smallest absolute Gasteiger partial charge is 0.124 e. The van der Waals surface area contributed by atoms with Crippen molar-refractivity contribution in [2.24, 2.45) is 0 Å². The maximum Gasteiger partial charge on any atom is 0.124 e. The van der Waals surface area contributed by atoms with Crippen molar-refractivity contribution >= 4 is 10.9 Å². The third-order valence-electron chi connectivity index (χ3n) is 2.31. The SMILES string of the molecule is OCCNCc1cc(F)cc2cc[nH]c12. The second kappa shape index (κ2) is 4.42. The molecule has 2 aromatic rings. The summed E-state index contributed by atoms with van der Waals surface area (Å²) in [5.74, 6) is -0.233. The molecule has 0 saturated carbocycles. The molecule has 0 spiro atoms. The van der Waals surface area contributed by atoms with Gasteiger partial charge in [-0.15, -0.1) is 0 Å². The van der Waals surface area contributed by atoms with Gasteiger partial charge in [0.15, 0.2) is 0 Å². The molecule has 0 aliphatic heterocycles. The number of halogens is 1. The molecule has 0 radical (unpaired) electrons. The van der Waals surface area contributed by atoms with E-state index in [0.29, 0.717) is 13.1 Å². The summed E-state index contributed by atoms with van der Waals surface area (Å²) in [6.07, 6.45) is 1.79. The van der Waals surface area contributed by atoms with E-state index in [1.54, 1.807) is 6.20 Å². The molecule has 2 rings (SSSR count). The summed E-state index contributed by atoms with van der Waals surface area (Å²) in [6, 6.07) is 4.85. The molecule has 0 amide bonds. The Morgan fingerprint density at radius 2 is 2.27 bits per heavy atom. The molecule has 3 N–H and O–H groups in total. The summed E-state index contributed by atoms with van der Waals surface area (Å²) >= 11 is 0. The number of hydrogen-bond acceptors (Lipinski definition) is 2. The van der Waals surface area contributed by atoms with Gasteiger partial charge in [0.2, 0.25) is 0 Å². The Hall–Kier alpha value is -1.39. The first-order chi connectivity index (χ1) is 7.31.